The predicted octanol–water partition coefficient (Wildman–Crippen LogP) is 1.08. The van der Waals surface area contributed by atoms with Gasteiger partial charge >= 0.3 is 5.97 Å². The first-order valence-electron chi connectivity index (χ1n) is 10.3. The molecule has 1 aliphatic carbocycles. The molecule has 0 bridgehead atoms. The molecule has 0 saturated carbocycles. The van der Waals surface area contributed by atoms with E-state index in [4.69, 9.17) is 12.2 Å². The Hall–Kier alpha value is -2.39. The third-order valence-corrected chi connectivity index (χ3v) is 5.96. The molecule has 2 aliphatic heterocycles. The van der Waals surface area contributed by atoms with Gasteiger partial charge in [-0.3, -0.25) is 14.5 Å². The first-order chi connectivity index (χ1) is 14.4. The van der Waals surface area contributed by atoms with Crippen LogP contribution >= 0.6 is 12.2 Å². The number of nitrogens with zero attached hydrogens (tertiary/aromatic N) is 3. The van der Waals surface area contributed by atoms with Crippen molar-refractivity contribution in [2.45, 2.75) is 26.2 Å². The summed E-state index contributed by atoms with van der Waals surface area (Å²) in [7, 11) is 1.29. The summed E-state index contributed by atoms with van der Waals surface area (Å²) in [4.78, 5) is 44.7. The number of esters is 1. The highest BCUT2D eigenvalue weighted by Gasteiger charge is 2.36. The van der Waals surface area contributed by atoms with Crippen LogP contribution in [-0.4, -0.2) is 78.2 Å². The minimum absolute atomic E-state index is 0.0274. The standard InChI is InChI=1S/C21H28N4O4S/c1-14-6-10-24(11-7-14)9-3-8-22-18(26)13-25-19(27)16-5-4-15(20(28)29-2)12-17(16)23-21(25)30/h4-5,12,14,16H,3,6-11,13H2,1-2H3,(H,22,26). The summed E-state index contributed by atoms with van der Waals surface area (Å²) in [6, 6.07) is 0. The molecule has 9 heteroatoms. The van der Waals surface area contributed by atoms with Crippen molar-refractivity contribution in [1.82, 2.24) is 15.1 Å². The van der Waals surface area contributed by atoms with Gasteiger partial charge in [0.2, 0.25) is 16.9 Å². The SMILES string of the molecule is COC(=O)C1=CC2=NC(=S)N(CC(=O)NCCCN3CCC(C)CC3)C(=O)C2C=C1. The van der Waals surface area contributed by atoms with Crippen molar-refractivity contribution in [2.24, 2.45) is 16.8 Å². The van der Waals surface area contributed by atoms with Gasteiger partial charge in [0.15, 0.2) is 0 Å². The number of nitrogens with one attached hydrogen (secondary N) is 1. The zero-order valence-electron chi connectivity index (χ0n) is 17.4. The number of hydrogen-bond acceptors (Lipinski definition) is 6. The summed E-state index contributed by atoms with van der Waals surface area (Å²) >= 11 is 5.22. The van der Waals surface area contributed by atoms with Gasteiger partial charge in [0, 0.05) is 6.54 Å². The molecule has 2 heterocycles. The number of fused-ring (bicyclic) bond motifs is 1. The van der Waals surface area contributed by atoms with Crippen LogP contribution in [0.3, 0.4) is 0 Å². The molecule has 1 fully saturated rings. The van der Waals surface area contributed by atoms with Gasteiger partial charge in [0.25, 0.3) is 0 Å². The Kier molecular flexibility index (Phi) is 7.49. The first kappa shape index (κ1) is 22.3. The highest BCUT2D eigenvalue weighted by Crippen LogP contribution is 2.22. The first-order valence-corrected chi connectivity index (χ1v) is 10.7. The fourth-order valence-electron chi connectivity index (χ4n) is 3.75. The number of likely N-dealkylation sites (tertiary alicyclic amines) is 1. The number of carbonyl (C=O) groups excluding carboxylic acids is 3. The molecule has 1 saturated heterocycles. The summed E-state index contributed by atoms with van der Waals surface area (Å²) in [5.74, 6) is -0.941. The van der Waals surface area contributed by atoms with Crippen molar-refractivity contribution in [3.05, 3.63) is 23.8 Å². The van der Waals surface area contributed by atoms with Crippen LogP contribution in [0.2, 0.25) is 0 Å². The smallest absolute Gasteiger partial charge is 0.337 e. The average molecular weight is 433 g/mol. The molecule has 0 spiro atoms. The molecule has 0 radical (unpaired) electrons. The molecular formula is C21H28N4O4S. The van der Waals surface area contributed by atoms with Crippen molar-refractivity contribution in [3.63, 3.8) is 0 Å². The molecule has 0 aromatic carbocycles. The lowest BCUT2D eigenvalue weighted by Crippen LogP contribution is -2.50. The summed E-state index contributed by atoms with van der Waals surface area (Å²) < 4.78 is 4.69. The highest BCUT2D eigenvalue weighted by atomic mass is 32.1. The number of piperidine rings is 1. The number of ether oxygens (including phenoxy) is 1. The second kappa shape index (κ2) is 10.1. The van der Waals surface area contributed by atoms with Gasteiger partial charge in [-0.1, -0.05) is 19.1 Å². The van der Waals surface area contributed by atoms with Crippen LogP contribution < -0.4 is 5.32 Å². The Balaban J connectivity index is 1.48. The minimum Gasteiger partial charge on any atom is -0.465 e. The van der Waals surface area contributed by atoms with E-state index in [1.807, 2.05) is 0 Å². The Morgan fingerprint density at radius 2 is 2.07 bits per heavy atom. The molecule has 3 rings (SSSR count). The Morgan fingerprint density at radius 1 is 1.33 bits per heavy atom. The van der Waals surface area contributed by atoms with Gasteiger partial charge < -0.3 is 15.0 Å². The van der Waals surface area contributed by atoms with E-state index in [2.05, 4.69) is 26.9 Å². The van der Waals surface area contributed by atoms with Crippen molar-refractivity contribution in [3.8, 4) is 0 Å². The van der Waals surface area contributed by atoms with Crippen LogP contribution in [0.4, 0.5) is 0 Å². The van der Waals surface area contributed by atoms with Crippen molar-refractivity contribution >= 4 is 40.8 Å². The zero-order valence-corrected chi connectivity index (χ0v) is 18.2. The van der Waals surface area contributed by atoms with Crippen LogP contribution in [0.25, 0.3) is 0 Å². The molecule has 8 nitrogen and oxygen atoms in total. The minimum atomic E-state index is -0.653. The molecule has 1 atom stereocenters. The van der Waals surface area contributed by atoms with Gasteiger partial charge in [-0.2, -0.15) is 0 Å². The maximum absolute atomic E-state index is 12.8. The van der Waals surface area contributed by atoms with Crippen LogP contribution in [0.1, 0.15) is 26.2 Å². The van der Waals surface area contributed by atoms with E-state index in [9.17, 15) is 14.4 Å². The fourth-order valence-corrected chi connectivity index (χ4v) is 4.01. The molecule has 30 heavy (non-hydrogen) atoms. The van der Waals surface area contributed by atoms with Gasteiger partial charge in [-0.15, -0.1) is 0 Å². The maximum Gasteiger partial charge on any atom is 0.337 e. The number of allylic oxidation sites excluding steroid dienone is 1. The summed E-state index contributed by atoms with van der Waals surface area (Å²) in [5.41, 5.74) is 0.692. The number of hydrogen-bond donors (Lipinski definition) is 1. The number of carbonyl (C=O) groups is 3. The van der Waals surface area contributed by atoms with E-state index in [1.165, 1.54) is 37.0 Å². The lowest BCUT2D eigenvalue weighted by atomic mass is 9.92. The van der Waals surface area contributed by atoms with E-state index in [-0.39, 0.29) is 23.5 Å². The van der Waals surface area contributed by atoms with E-state index in [0.29, 0.717) is 17.8 Å². The monoisotopic (exact) mass is 432 g/mol. The van der Waals surface area contributed by atoms with Crippen molar-refractivity contribution in [2.75, 3.05) is 39.8 Å². The second-order valence-electron chi connectivity index (χ2n) is 7.90. The molecular weight excluding hydrogens is 404 g/mol. The molecule has 1 N–H and O–H groups in total. The molecule has 1 unspecified atom stereocenters. The van der Waals surface area contributed by atoms with E-state index >= 15 is 0 Å². The van der Waals surface area contributed by atoms with Gasteiger partial charge in [0.1, 0.15) is 6.54 Å². The van der Waals surface area contributed by atoms with Gasteiger partial charge in [-0.25, -0.2) is 9.79 Å². The average Bonchev–Trinajstić information content (AvgIpc) is 2.74. The maximum atomic E-state index is 12.8. The van der Waals surface area contributed by atoms with Gasteiger partial charge in [0.05, 0.1) is 24.3 Å². The molecule has 0 aromatic rings. The highest BCUT2D eigenvalue weighted by molar-refractivity contribution is 7.80. The Labute approximate surface area is 182 Å². The number of rotatable bonds is 7. The summed E-state index contributed by atoms with van der Waals surface area (Å²) in [5, 5.41) is 2.89. The van der Waals surface area contributed by atoms with E-state index in [0.717, 1.165) is 32.0 Å². The van der Waals surface area contributed by atoms with E-state index < -0.39 is 11.9 Å². The largest absolute Gasteiger partial charge is 0.465 e. The topological polar surface area (TPSA) is 91.3 Å². The molecule has 2 amide bonds. The number of methoxy groups -OCH3 is 1. The quantitative estimate of drug-likeness (QED) is 0.368. The Bertz CT molecular complexity index is 812. The molecule has 0 aromatic heterocycles. The third-order valence-electron chi connectivity index (χ3n) is 5.65. The molecule has 162 valence electrons. The second-order valence-corrected chi connectivity index (χ2v) is 8.26. The molecule has 3 aliphatic rings. The summed E-state index contributed by atoms with van der Waals surface area (Å²) in [6.07, 6.45) is 7.94. The normalized spacial score (nSPS) is 22.3. The van der Waals surface area contributed by atoms with Crippen molar-refractivity contribution < 1.29 is 19.1 Å². The van der Waals surface area contributed by atoms with Gasteiger partial charge in [-0.05, 0) is 63.1 Å². The van der Waals surface area contributed by atoms with Crippen LogP contribution in [0.15, 0.2) is 28.8 Å². The number of thiocarbonyl (C=S) groups is 1. The van der Waals surface area contributed by atoms with Crippen LogP contribution in [0, 0.1) is 11.8 Å². The third kappa shape index (κ3) is 5.40. The number of aliphatic imine (C=N–C) groups is 1. The fraction of sp³-hybridized carbons (Fsp3) is 0.571. The predicted molar refractivity (Wildman–Crippen MR) is 117 cm³/mol. The van der Waals surface area contributed by atoms with E-state index in [1.54, 1.807) is 6.08 Å². The summed E-state index contributed by atoms with van der Waals surface area (Å²) in [6.45, 7) is 5.88. The van der Waals surface area contributed by atoms with Crippen LogP contribution in [0.5, 0.6) is 0 Å². The zero-order chi connectivity index (χ0) is 21.7. The lowest BCUT2D eigenvalue weighted by Gasteiger charge is -2.30. The lowest BCUT2D eigenvalue weighted by molar-refractivity contribution is -0.135. The Morgan fingerprint density at radius 3 is 2.77 bits per heavy atom. The number of amides is 2. The van der Waals surface area contributed by atoms with Crippen LogP contribution in [-0.2, 0) is 19.1 Å². The van der Waals surface area contributed by atoms with Crippen molar-refractivity contribution in [1.29, 1.82) is 0 Å².